The number of benzene rings is 3. The van der Waals surface area contributed by atoms with Crippen molar-refractivity contribution in [1.82, 2.24) is 0 Å². The Morgan fingerprint density at radius 1 is 0.759 bits per heavy atom. The minimum absolute atomic E-state index is 0.295. The predicted molar refractivity (Wildman–Crippen MR) is 117 cm³/mol. The lowest BCUT2D eigenvalue weighted by Crippen LogP contribution is -2.34. The number of anilines is 2. The van der Waals surface area contributed by atoms with Crippen molar-refractivity contribution in [3.63, 3.8) is 0 Å². The zero-order valence-electron chi connectivity index (χ0n) is 15.5. The van der Waals surface area contributed by atoms with E-state index in [1.54, 1.807) is 30.1 Å². The Kier molecular flexibility index (Phi) is 5.14. The second kappa shape index (κ2) is 7.74. The van der Waals surface area contributed by atoms with Crippen LogP contribution in [0.5, 0.6) is 0 Å². The van der Waals surface area contributed by atoms with Gasteiger partial charge in [0.25, 0.3) is 11.8 Å². The third kappa shape index (κ3) is 3.53. The number of likely N-dealkylation sites (N-methyl/N-ethyl adjacent to an activating group) is 1. The summed E-state index contributed by atoms with van der Waals surface area (Å²) in [6, 6.07) is 23.2. The zero-order chi connectivity index (χ0) is 20.5. The highest BCUT2D eigenvalue weighted by Crippen LogP contribution is 2.37. The van der Waals surface area contributed by atoms with Crippen LogP contribution in [0.15, 0.2) is 84.6 Å². The van der Waals surface area contributed by atoms with E-state index in [9.17, 15) is 9.59 Å². The first kappa shape index (κ1) is 19.2. The molecule has 0 radical (unpaired) electrons. The fourth-order valence-corrected chi connectivity index (χ4v) is 3.89. The van der Waals surface area contributed by atoms with Crippen LogP contribution >= 0.6 is 23.2 Å². The van der Waals surface area contributed by atoms with E-state index in [0.29, 0.717) is 32.6 Å². The normalized spacial score (nSPS) is 14.0. The Bertz CT molecular complexity index is 1110. The summed E-state index contributed by atoms with van der Waals surface area (Å²) in [4.78, 5) is 29.7. The molecule has 0 unspecified atom stereocenters. The minimum Gasteiger partial charge on any atom is -0.339 e. The molecule has 6 heteroatoms. The molecule has 2 amide bonds. The molecule has 0 saturated heterocycles. The summed E-state index contributed by atoms with van der Waals surface area (Å²) in [5, 5.41) is 0.693. The van der Waals surface area contributed by atoms with E-state index < -0.39 is 11.8 Å². The van der Waals surface area contributed by atoms with Gasteiger partial charge in [0.05, 0.1) is 11.3 Å². The van der Waals surface area contributed by atoms with Crippen LogP contribution in [0, 0.1) is 0 Å². The maximum Gasteiger partial charge on any atom is 0.282 e. The molecule has 1 heterocycles. The molecule has 0 fully saturated rings. The lowest BCUT2D eigenvalue weighted by Gasteiger charge is -2.21. The van der Waals surface area contributed by atoms with E-state index in [2.05, 4.69) is 0 Å². The summed E-state index contributed by atoms with van der Waals surface area (Å²) in [7, 11) is 1.77. The van der Waals surface area contributed by atoms with Crippen molar-refractivity contribution in [2.45, 2.75) is 0 Å². The van der Waals surface area contributed by atoms with Gasteiger partial charge in [-0.1, -0.05) is 71.7 Å². The first-order valence-electron chi connectivity index (χ1n) is 8.90. The molecular formula is C23H16Cl2N2O2. The number of amides is 2. The van der Waals surface area contributed by atoms with Crippen LogP contribution in [-0.2, 0) is 9.59 Å². The maximum atomic E-state index is 13.5. The molecule has 1 aliphatic heterocycles. The van der Waals surface area contributed by atoms with Crippen molar-refractivity contribution >= 4 is 52.0 Å². The van der Waals surface area contributed by atoms with Gasteiger partial charge in [-0.3, -0.25) is 9.59 Å². The van der Waals surface area contributed by atoms with Crippen LogP contribution in [0.4, 0.5) is 11.4 Å². The smallest absolute Gasteiger partial charge is 0.282 e. The second-order valence-corrected chi connectivity index (χ2v) is 7.43. The first-order valence-corrected chi connectivity index (χ1v) is 9.66. The Hall–Kier alpha value is -3.08. The average molecular weight is 423 g/mol. The zero-order valence-corrected chi connectivity index (χ0v) is 17.0. The Morgan fingerprint density at radius 3 is 1.90 bits per heavy atom. The highest BCUT2D eigenvalue weighted by Gasteiger charge is 2.42. The van der Waals surface area contributed by atoms with Gasteiger partial charge >= 0.3 is 0 Å². The van der Waals surface area contributed by atoms with Crippen molar-refractivity contribution in [3.05, 3.63) is 100 Å². The number of halogens is 2. The molecule has 3 aromatic rings. The largest absolute Gasteiger partial charge is 0.339 e. The van der Waals surface area contributed by atoms with Crippen LogP contribution in [0.25, 0.3) is 5.57 Å². The van der Waals surface area contributed by atoms with Crippen LogP contribution in [0.2, 0.25) is 10.0 Å². The summed E-state index contributed by atoms with van der Waals surface area (Å²) in [6.07, 6.45) is 0. The fraction of sp³-hybridized carbons (Fsp3) is 0.0435. The van der Waals surface area contributed by atoms with Gasteiger partial charge < -0.3 is 4.90 Å². The Labute approximate surface area is 178 Å². The predicted octanol–water partition coefficient (Wildman–Crippen LogP) is 5.41. The Balaban J connectivity index is 1.89. The molecule has 0 aliphatic carbocycles. The summed E-state index contributed by atoms with van der Waals surface area (Å²) < 4.78 is 0. The van der Waals surface area contributed by atoms with Gasteiger partial charge in [0.1, 0.15) is 5.70 Å². The van der Waals surface area contributed by atoms with Gasteiger partial charge in [-0.25, -0.2) is 4.90 Å². The molecule has 0 aromatic heterocycles. The number of hydrogen-bond donors (Lipinski definition) is 0. The first-order chi connectivity index (χ1) is 14.0. The van der Waals surface area contributed by atoms with E-state index >= 15 is 0 Å². The monoisotopic (exact) mass is 422 g/mol. The number of carbonyl (C=O) groups excluding carboxylic acids is 2. The van der Waals surface area contributed by atoms with Crippen LogP contribution in [0.1, 0.15) is 5.56 Å². The molecule has 0 spiro atoms. The van der Waals surface area contributed by atoms with Gasteiger partial charge in [-0.2, -0.15) is 0 Å². The van der Waals surface area contributed by atoms with Gasteiger partial charge in [-0.15, -0.1) is 0 Å². The van der Waals surface area contributed by atoms with Gasteiger partial charge in [0, 0.05) is 22.8 Å². The number of imide groups is 1. The molecule has 0 bridgehead atoms. The molecule has 0 saturated carbocycles. The summed E-state index contributed by atoms with van der Waals surface area (Å²) in [6.45, 7) is 0. The van der Waals surface area contributed by atoms with Gasteiger partial charge in [0.15, 0.2) is 0 Å². The van der Waals surface area contributed by atoms with Crippen molar-refractivity contribution in [1.29, 1.82) is 0 Å². The molecule has 144 valence electrons. The van der Waals surface area contributed by atoms with E-state index in [0.717, 1.165) is 10.6 Å². The number of nitrogens with zero attached hydrogens (tertiary/aromatic N) is 2. The van der Waals surface area contributed by atoms with Crippen molar-refractivity contribution < 1.29 is 9.59 Å². The summed E-state index contributed by atoms with van der Waals surface area (Å²) in [5.41, 5.74) is 2.42. The van der Waals surface area contributed by atoms with Crippen LogP contribution < -0.4 is 9.80 Å². The number of carbonyl (C=O) groups is 2. The highest BCUT2D eigenvalue weighted by molar-refractivity contribution is 6.47. The molecule has 4 rings (SSSR count). The molecule has 0 atom stereocenters. The van der Waals surface area contributed by atoms with Crippen LogP contribution in [0.3, 0.4) is 0 Å². The third-order valence-electron chi connectivity index (χ3n) is 4.71. The van der Waals surface area contributed by atoms with E-state index in [4.69, 9.17) is 23.2 Å². The quantitative estimate of drug-likeness (QED) is 0.527. The van der Waals surface area contributed by atoms with E-state index in [1.165, 1.54) is 0 Å². The molecule has 4 nitrogen and oxygen atoms in total. The van der Waals surface area contributed by atoms with Gasteiger partial charge in [0.2, 0.25) is 0 Å². The van der Waals surface area contributed by atoms with Crippen molar-refractivity contribution in [2.75, 3.05) is 16.8 Å². The highest BCUT2D eigenvalue weighted by atomic mass is 35.5. The third-order valence-corrected chi connectivity index (χ3v) is 5.14. The number of para-hydroxylation sites is 1. The molecule has 3 aromatic carbocycles. The molecular weight excluding hydrogens is 407 g/mol. The summed E-state index contributed by atoms with van der Waals surface area (Å²) in [5.74, 6) is -0.851. The topological polar surface area (TPSA) is 40.6 Å². The average Bonchev–Trinajstić information content (AvgIpc) is 2.98. The second-order valence-electron chi connectivity index (χ2n) is 6.56. The fourth-order valence-electron chi connectivity index (χ4n) is 3.38. The lowest BCUT2D eigenvalue weighted by atomic mass is 10.0. The van der Waals surface area contributed by atoms with E-state index in [1.807, 2.05) is 60.7 Å². The standard InChI is InChI=1S/C23H16Cl2N2O2/c1-26(18-10-6-3-7-11-18)21-20(15-8-4-2-5-9-15)22(28)27(23(21)29)19-13-16(24)12-17(25)14-19/h2-14H,1H3. The molecule has 0 N–H and O–H groups in total. The maximum absolute atomic E-state index is 13.5. The molecule has 1 aliphatic rings. The number of hydrogen-bond acceptors (Lipinski definition) is 3. The Morgan fingerprint density at radius 2 is 1.31 bits per heavy atom. The summed E-state index contributed by atoms with van der Waals surface area (Å²) >= 11 is 12.2. The lowest BCUT2D eigenvalue weighted by molar-refractivity contribution is -0.120. The SMILES string of the molecule is CN(C1=C(c2ccccc2)C(=O)N(c2cc(Cl)cc(Cl)c2)C1=O)c1ccccc1. The van der Waals surface area contributed by atoms with Crippen molar-refractivity contribution in [2.24, 2.45) is 0 Å². The minimum atomic E-state index is -0.432. The van der Waals surface area contributed by atoms with Crippen LogP contribution in [-0.4, -0.2) is 18.9 Å². The number of rotatable bonds is 4. The molecule has 29 heavy (non-hydrogen) atoms. The van der Waals surface area contributed by atoms with Crippen molar-refractivity contribution in [3.8, 4) is 0 Å². The van der Waals surface area contributed by atoms with E-state index in [-0.39, 0.29) is 0 Å². The van der Waals surface area contributed by atoms with Gasteiger partial charge in [-0.05, 0) is 35.9 Å².